The fourth-order valence-electron chi connectivity index (χ4n) is 3.46. The standard InChI is InChI=1S/C17H15F6NO5/c1-24-4-3-7-5-8-12(29-6-28-8)13(27-2)9(7)11(24)10(14(25)16(18,19)20)15(26)17(21,22)23/h5,11,25H,3-4,6H2,1-2H3. The van der Waals surface area contributed by atoms with E-state index in [9.17, 15) is 36.2 Å². The van der Waals surface area contributed by atoms with Crippen molar-refractivity contribution in [3.63, 3.8) is 0 Å². The Hall–Kier alpha value is -2.63. The largest absolute Gasteiger partial charge is 0.504 e. The molecule has 1 N–H and O–H groups in total. The van der Waals surface area contributed by atoms with Crippen LogP contribution in [0.25, 0.3) is 0 Å². The van der Waals surface area contributed by atoms with Gasteiger partial charge in [0.15, 0.2) is 11.5 Å². The third kappa shape index (κ3) is 3.56. The van der Waals surface area contributed by atoms with Gasteiger partial charge in [-0.15, -0.1) is 0 Å². The smallest absolute Gasteiger partial charge is 0.454 e. The number of nitrogens with zero attached hydrogens (tertiary/aromatic N) is 1. The van der Waals surface area contributed by atoms with E-state index in [1.54, 1.807) is 0 Å². The highest BCUT2D eigenvalue weighted by Gasteiger charge is 2.52. The maximum atomic E-state index is 13.2. The summed E-state index contributed by atoms with van der Waals surface area (Å²) in [6, 6.07) is -0.459. The van der Waals surface area contributed by atoms with Gasteiger partial charge in [0.25, 0.3) is 5.78 Å². The first-order valence-corrected chi connectivity index (χ1v) is 8.19. The Labute approximate surface area is 160 Å². The molecule has 6 nitrogen and oxygen atoms in total. The maximum absolute atomic E-state index is 13.2. The maximum Gasteiger partial charge on any atom is 0.454 e. The minimum absolute atomic E-state index is 0.00291. The number of carbonyl (C=O) groups is 1. The van der Waals surface area contributed by atoms with Gasteiger partial charge in [0.2, 0.25) is 18.3 Å². The highest BCUT2D eigenvalue weighted by atomic mass is 19.4. The molecule has 29 heavy (non-hydrogen) atoms. The van der Waals surface area contributed by atoms with Crippen molar-refractivity contribution in [2.45, 2.75) is 24.8 Å². The van der Waals surface area contributed by atoms with Gasteiger partial charge in [0.1, 0.15) is 0 Å². The molecule has 0 bridgehead atoms. The molecule has 0 radical (unpaired) electrons. The Morgan fingerprint density at radius 2 is 1.86 bits per heavy atom. The van der Waals surface area contributed by atoms with Gasteiger partial charge < -0.3 is 19.3 Å². The van der Waals surface area contributed by atoms with Gasteiger partial charge >= 0.3 is 12.4 Å². The molecule has 0 aromatic heterocycles. The lowest BCUT2D eigenvalue weighted by Gasteiger charge is -2.37. The van der Waals surface area contributed by atoms with E-state index in [1.165, 1.54) is 13.1 Å². The van der Waals surface area contributed by atoms with Crippen molar-refractivity contribution in [3.8, 4) is 17.2 Å². The lowest BCUT2D eigenvalue weighted by molar-refractivity contribution is -0.169. The van der Waals surface area contributed by atoms with E-state index in [2.05, 4.69) is 0 Å². The average molecular weight is 427 g/mol. The van der Waals surface area contributed by atoms with Gasteiger partial charge in [-0.25, -0.2) is 0 Å². The van der Waals surface area contributed by atoms with Crippen molar-refractivity contribution < 1.29 is 50.5 Å². The van der Waals surface area contributed by atoms with E-state index in [0.717, 1.165) is 12.0 Å². The molecule has 0 amide bonds. The van der Waals surface area contributed by atoms with Gasteiger partial charge in [-0.2, -0.15) is 26.3 Å². The summed E-state index contributed by atoms with van der Waals surface area (Å²) in [6.45, 7) is -0.201. The van der Waals surface area contributed by atoms with Crippen molar-refractivity contribution in [3.05, 3.63) is 28.5 Å². The van der Waals surface area contributed by atoms with Crippen LogP contribution in [-0.4, -0.2) is 55.6 Å². The summed E-state index contributed by atoms with van der Waals surface area (Å²) in [5.74, 6) is -5.34. The number of aliphatic hydroxyl groups excluding tert-OH is 1. The first-order valence-electron chi connectivity index (χ1n) is 8.19. The Morgan fingerprint density at radius 3 is 2.41 bits per heavy atom. The molecular formula is C17H15F6NO5. The molecule has 2 aliphatic heterocycles. The number of ether oxygens (including phenoxy) is 3. The molecule has 160 valence electrons. The van der Waals surface area contributed by atoms with Crippen LogP contribution in [0.3, 0.4) is 0 Å². The van der Waals surface area contributed by atoms with Gasteiger partial charge in [-0.3, -0.25) is 9.69 Å². The Morgan fingerprint density at radius 1 is 1.21 bits per heavy atom. The topological polar surface area (TPSA) is 68.2 Å². The third-order valence-electron chi connectivity index (χ3n) is 4.69. The molecule has 0 fully saturated rings. The quantitative estimate of drug-likeness (QED) is 0.453. The van der Waals surface area contributed by atoms with E-state index in [-0.39, 0.29) is 42.6 Å². The first kappa shape index (κ1) is 21.1. The van der Waals surface area contributed by atoms with Crippen molar-refractivity contribution in [1.29, 1.82) is 0 Å². The number of ketones is 1. The fraction of sp³-hybridized carbons (Fsp3) is 0.471. The summed E-state index contributed by atoms with van der Waals surface area (Å²) in [7, 11) is 2.40. The number of rotatable bonds is 3. The van der Waals surface area contributed by atoms with Crippen LogP contribution >= 0.6 is 0 Å². The number of Topliss-reactive ketones (excluding diaryl/α,β-unsaturated/α-hetero) is 1. The average Bonchev–Trinajstić information content (AvgIpc) is 3.08. The molecule has 12 heteroatoms. The van der Waals surface area contributed by atoms with Crippen molar-refractivity contribution in [2.24, 2.45) is 0 Å². The number of alkyl halides is 6. The molecule has 1 aromatic rings. The molecule has 0 saturated heterocycles. The minimum Gasteiger partial charge on any atom is -0.504 e. The number of halogens is 6. The van der Waals surface area contributed by atoms with Gasteiger partial charge in [-0.1, -0.05) is 0 Å². The zero-order valence-electron chi connectivity index (χ0n) is 15.1. The second-order valence-corrected chi connectivity index (χ2v) is 6.44. The highest BCUT2D eigenvalue weighted by molar-refractivity contribution is 6.01. The van der Waals surface area contributed by atoms with E-state index in [4.69, 9.17) is 14.2 Å². The van der Waals surface area contributed by atoms with Crippen LogP contribution in [0.4, 0.5) is 26.3 Å². The predicted octanol–water partition coefficient (Wildman–Crippen LogP) is 3.46. The van der Waals surface area contributed by atoms with Gasteiger partial charge in [0, 0.05) is 12.1 Å². The number of carbonyl (C=O) groups excluding carboxylic acids is 1. The highest BCUT2D eigenvalue weighted by Crippen LogP contribution is 2.52. The number of aliphatic hydroxyl groups is 1. The number of allylic oxidation sites excluding steroid dienone is 1. The zero-order chi connectivity index (χ0) is 21.7. The summed E-state index contributed by atoms with van der Waals surface area (Å²) in [5.41, 5.74) is -1.64. The number of hydrogen-bond donors (Lipinski definition) is 1. The second-order valence-electron chi connectivity index (χ2n) is 6.44. The number of benzene rings is 1. The molecule has 0 saturated carbocycles. The fourth-order valence-corrected chi connectivity index (χ4v) is 3.46. The number of likely N-dealkylation sites (N-methyl/N-ethyl adjacent to an activating group) is 1. The Kier molecular flexibility index (Phi) is 5.10. The third-order valence-corrected chi connectivity index (χ3v) is 4.69. The van der Waals surface area contributed by atoms with Crippen LogP contribution in [0.15, 0.2) is 17.4 Å². The van der Waals surface area contributed by atoms with Crippen LogP contribution in [0.1, 0.15) is 17.2 Å². The molecular weight excluding hydrogens is 412 g/mol. The van der Waals surface area contributed by atoms with Crippen molar-refractivity contribution in [1.82, 2.24) is 4.90 Å². The van der Waals surface area contributed by atoms with Crippen LogP contribution in [0.5, 0.6) is 17.2 Å². The lowest BCUT2D eigenvalue weighted by Crippen LogP contribution is -2.40. The summed E-state index contributed by atoms with van der Waals surface area (Å²) >= 11 is 0. The van der Waals surface area contributed by atoms with Crippen LogP contribution in [0, 0.1) is 0 Å². The van der Waals surface area contributed by atoms with Crippen LogP contribution in [0.2, 0.25) is 0 Å². The molecule has 0 spiro atoms. The molecule has 1 aromatic carbocycles. The van der Waals surface area contributed by atoms with E-state index in [0.29, 0.717) is 5.56 Å². The van der Waals surface area contributed by atoms with Gasteiger partial charge in [-0.05, 0) is 25.1 Å². The minimum atomic E-state index is -5.64. The molecule has 3 rings (SSSR count). The molecule has 1 atom stereocenters. The van der Waals surface area contributed by atoms with Gasteiger partial charge in [0.05, 0.1) is 18.7 Å². The zero-order valence-corrected chi connectivity index (χ0v) is 15.1. The molecule has 2 heterocycles. The van der Waals surface area contributed by atoms with E-state index in [1.807, 2.05) is 0 Å². The Bertz CT molecular complexity index is 877. The Balaban J connectivity index is 2.33. The van der Waals surface area contributed by atoms with Crippen molar-refractivity contribution in [2.75, 3.05) is 27.5 Å². The first-order chi connectivity index (χ1) is 13.4. The van der Waals surface area contributed by atoms with Crippen LogP contribution in [-0.2, 0) is 11.2 Å². The number of fused-ring (bicyclic) bond motifs is 2. The SMILES string of the molecule is COc1c2c(cc3c1C(C(C(=O)C(F)(F)F)=C(O)C(F)(F)F)N(C)CC3)OCO2. The normalized spacial score (nSPS) is 20.2. The summed E-state index contributed by atoms with van der Waals surface area (Å²) < 4.78 is 94.7. The summed E-state index contributed by atoms with van der Waals surface area (Å²) in [5, 5.41) is 9.64. The van der Waals surface area contributed by atoms with E-state index >= 15 is 0 Å². The van der Waals surface area contributed by atoms with Crippen molar-refractivity contribution >= 4 is 5.78 Å². The number of hydrogen-bond acceptors (Lipinski definition) is 6. The summed E-state index contributed by atoms with van der Waals surface area (Å²) in [6.07, 6.45) is -11.0. The summed E-state index contributed by atoms with van der Waals surface area (Å²) in [4.78, 5) is 13.1. The van der Waals surface area contributed by atoms with E-state index < -0.39 is 35.5 Å². The monoisotopic (exact) mass is 427 g/mol. The molecule has 1 unspecified atom stereocenters. The lowest BCUT2D eigenvalue weighted by atomic mass is 9.84. The number of methoxy groups -OCH3 is 1. The molecule has 2 aliphatic rings. The predicted molar refractivity (Wildman–Crippen MR) is 85.0 cm³/mol. The second kappa shape index (κ2) is 7.01. The molecule has 0 aliphatic carbocycles. The van der Waals surface area contributed by atoms with Crippen LogP contribution < -0.4 is 14.2 Å².